The maximum atomic E-state index is 11.5. The van der Waals surface area contributed by atoms with E-state index in [1.54, 1.807) is 11.8 Å². The predicted octanol–water partition coefficient (Wildman–Crippen LogP) is 0.966. The molecule has 0 aromatic rings. The van der Waals surface area contributed by atoms with E-state index in [4.69, 9.17) is 5.11 Å². The predicted molar refractivity (Wildman–Crippen MR) is 49.3 cm³/mol. The van der Waals surface area contributed by atoms with Gasteiger partial charge in [-0.25, -0.2) is 0 Å². The van der Waals surface area contributed by atoms with Gasteiger partial charge < -0.3 is 10.0 Å². The molecule has 0 aliphatic heterocycles. The van der Waals surface area contributed by atoms with E-state index in [-0.39, 0.29) is 5.91 Å². The lowest BCUT2D eigenvalue weighted by Gasteiger charge is -2.21. The largest absolute Gasteiger partial charge is 0.481 e. The summed E-state index contributed by atoms with van der Waals surface area (Å²) < 4.78 is 0. The van der Waals surface area contributed by atoms with Gasteiger partial charge in [0.25, 0.3) is 0 Å². The molecule has 1 N–H and O–H groups in total. The topological polar surface area (TPSA) is 57.6 Å². The van der Waals surface area contributed by atoms with E-state index in [2.05, 4.69) is 0 Å². The molecule has 0 aromatic carbocycles. The summed E-state index contributed by atoms with van der Waals surface area (Å²) in [4.78, 5) is 23.7. The first-order valence-corrected chi connectivity index (χ1v) is 4.59. The zero-order chi connectivity index (χ0) is 10.4. The number of carbonyl (C=O) groups is 2. The van der Waals surface area contributed by atoms with Crippen LogP contribution in [0.5, 0.6) is 0 Å². The Balaban J connectivity index is 4.43. The first-order valence-electron chi connectivity index (χ1n) is 4.59. The van der Waals surface area contributed by atoms with Crippen LogP contribution in [0.1, 0.15) is 27.2 Å². The molecule has 0 spiro atoms. The van der Waals surface area contributed by atoms with Crippen molar-refractivity contribution in [2.45, 2.75) is 27.2 Å². The fourth-order valence-electron chi connectivity index (χ4n) is 1.21. The summed E-state index contributed by atoms with van der Waals surface area (Å²) in [5.74, 6) is -2.18. The molecule has 0 aliphatic rings. The Bertz CT molecular complexity index is 187. The summed E-state index contributed by atoms with van der Waals surface area (Å²) in [5, 5.41) is 8.74. The summed E-state index contributed by atoms with van der Waals surface area (Å²) in [5.41, 5.74) is 0. The molecule has 0 aromatic heterocycles. The van der Waals surface area contributed by atoms with Crippen LogP contribution in [0, 0.1) is 5.92 Å². The highest BCUT2D eigenvalue weighted by Gasteiger charge is 2.27. The molecule has 0 bridgehead atoms. The molecular weight excluding hydrogens is 170 g/mol. The summed E-state index contributed by atoms with van der Waals surface area (Å²) in [6.07, 6.45) is 0.352. The van der Waals surface area contributed by atoms with Gasteiger partial charge >= 0.3 is 5.97 Å². The molecule has 0 saturated carbocycles. The van der Waals surface area contributed by atoms with Gasteiger partial charge in [-0.2, -0.15) is 0 Å². The molecule has 13 heavy (non-hydrogen) atoms. The van der Waals surface area contributed by atoms with E-state index in [1.165, 1.54) is 0 Å². The van der Waals surface area contributed by atoms with Crippen molar-refractivity contribution in [1.29, 1.82) is 0 Å². The van der Waals surface area contributed by atoms with Crippen molar-refractivity contribution in [2.75, 3.05) is 13.1 Å². The fraction of sp³-hybridized carbons (Fsp3) is 0.778. The molecule has 0 rings (SSSR count). The number of hydrogen-bond acceptors (Lipinski definition) is 2. The van der Waals surface area contributed by atoms with Crippen LogP contribution in [0.25, 0.3) is 0 Å². The average molecular weight is 187 g/mol. The molecule has 4 heteroatoms. The van der Waals surface area contributed by atoms with Crippen LogP contribution in [-0.2, 0) is 9.59 Å². The first kappa shape index (κ1) is 11.9. The van der Waals surface area contributed by atoms with Gasteiger partial charge in [-0.05, 0) is 20.3 Å². The van der Waals surface area contributed by atoms with Crippen molar-refractivity contribution in [3.05, 3.63) is 0 Å². The second kappa shape index (κ2) is 5.56. The van der Waals surface area contributed by atoms with Crippen LogP contribution in [0.4, 0.5) is 0 Å². The van der Waals surface area contributed by atoms with Gasteiger partial charge in [0.15, 0.2) is 0 Å². The quantitative estimate of drug-likeness (QED) is 0.652. The van der Waals surface area contributed by atoms with E-state index in [1.807, 2.05) is 13.8 Å². The van der Waals surface area contributed by atoms with Crippen molar-refractivity contribution in [3.8, 4) is 0 Å². The molecule has 0 saturated heterocycles. The van der Waals surface area contributed by atoms with E-state index in [0.29, 0.717) is 19.5 Å². The third kappa shape index (κ3) is 3.05. The van der Waals surface area contributed by atoms with Gasteiger partial charge in [0.05, 0.1) is 0 Å². The number of aliphatic carboxylic acids is 1. The zero-order valence-corrected chi connectivity index (χ0v) is 8.41. The summed E-state index contributed by atoms with van der Waals surface area (Å²) in [7, 11) is 0. The molecular formula is C9H17NO3. The fourth-order valence-corrected chi connectivity index (χ4v) is 1.21. The van der Waals surface area contributed by atoms with Crippen molar-refractivity contribution in [3.63, 3.8) is 0 Å². The van der Waals surface area contributed by atoms with E-state index in [0.717, 1.165) is 0 Å². The number of rotatable bonds is 5. The number of hydrogen-bond donors (Lipinski definition) is 1. The van der Waals surface area contributed by atoms with E-state index < -0.39 is 11.9 Å². The van der Waals surface area contributed by atoms with Crippen molar-refractivity contribution < 1.29 is 14.7 Å². The lowest BCUT2D eigenvalue weighted by Crippen LogP contribution is -2.38. The minimum absolute atomic E-state index is 0.278. The highest BCUT2D eigenvalue weighted by molar-refractivity contribution is 5.96. The second-order valence-electron chi connectivity index (χ2n) is 2.81. The van der Waals surface area contributed by atoms with E-state index >= 15 is 0 Å². The van der Waals surface area contributed by atoms with Crippen molar-refractivity contribution in [2.24, 2.45) is 5.92 Å². The Morgan fingerprint density at radius 3 is 1.92 bits per heavy atom. The Hall–Kier alpha value is -1.06. The van der Waals surface area contributed by atoms with Gasteiger partial charge in [0.2, 0.25) is 5.91 Å². The van der Waals surface area contributed by atoms with Gasteiger partial charge in [-0.3, -0.25) is 9.59 Å². The van der Waals surface area contributed by atoms with Crippen molar-refractivity contribution >= 4 is 11.9 Å². The van der Waals surface area contributed by atoms with Crippen LogP contribution >= 0.6 is 0 Å². The van der Waals surface area contributed by atoms with Gasteiger partial charge in [0.1, 0.15) is 5.92 Å². The van der Waals surface area contributed by atoms with Gasteiger partial charge in [0, 0.05) is 13.1 Å². The molecule has 1 amide bonds. The molecule has 0 fully saturated rings. The second-order valence-corrected chi connectivity index (χ2v) is 2.81. The third-order valence-electron chi connectivity index (χ3n) is 2.08. The van der Waals surface area contributed by atoms with E-state index in [9.17, 15) is 9.59 Å². The number of carboxylic acid groups (broad SMARTS) is 1. The number of carbonyl (C=O) groups excluding carboxylic acids is 1. The van der Waals surface area contributed by atoms with Crippen LogP contribution in [0.15, 0.2) is 0 Å². The molecule has 0 heterocycles. The Labute approximate surface area is 78.5 Å². The van der Waals surface area contributed by atoms with Crippen LogP contribution in [-0.4, -0.2) is 35.0 Å². The SMILES string of the molecule is CCC(C(=O)O)C(=O)N(CC)CC. The van der Waals surface area contributed by atoms with Crippen LogP contribution in [0.3, 0.4) is 0 Å². The Kier molecular flexibility index (Phi) is 5.11. The molecule has 1 atom stereocenters. The minimum atomic E-state index is -1.03. The standard InChI is InChI=1S/C9H17NO3/c1-4-7(9(12)13)8(11)10(5-2)6-3/h7H,4-6H2,1-3H3,(H,12,13). The van der Waals surface area contributed by atoms with Crippen molar-refractivity contribution in [1.82, 2.24) is 4.90 Å². The Morgan fingerprint density at radius 1 is 1.23 bits per heavy atom. The maximum Gasteiger partial charge on any atom is 0.316 e. The van der Waals surface area contributed by atoms with Gasteiger partial charge in [-0.15, -0.1) is 0 Å². The maximum absolute atomic E-state index is 11.5. The molecule has 76 valence electrons. The third-order valence-corrected chi connectivity index (χ3v) is 2.08. The Morgan fingerprint density at radius 2 is 1.69 bits per heavy atom. The molecule has 0 radical (unpaired) electrons. The normalized spacial score (nSPS) is 12.2. The summed E-state index contributed by atoms with van der Waals surface area (Å²) >= 11 is 0. The van der Waals surface area contributed by atoms with Crippen LogP contribution in [0.2, 0.25) is 0 Å². The van der Waals surface area contributed by atoms with Gasteiger partial charge in [-0.1, -0.05) is 6.92 Å². The number of amides is 1. The summed E-state index contributed by atoms with van der Waals surface area (Å²) in [6.45, 7) is 6.53. The monoisotopic (exact) mass is 187 g/mol. The highest BCUT2D eigenvalue weighted by Crippen LogP contribution is 2.07. The smallest absolute Gasteiger partial charge is 0.316 e. The minimum Gasteiger partial charge on any atom is -0.481 e. The number of nitrogens with zero attached hydrogens (tertiary/aromatic N) is 1. The average Bonchev–Trinajstić information content (AvgIpc) is 2.07. The lowest BCUT2D eigenvalue weighted by atomic mass is 10.1. The molecule has 0 aliphatic carbocycles. The first-order chi connectivity index (χ1) is 6.08. The summed E-state index contributed by atoms with van der Waals surface area (Å²) in [6, 6.07) is 0. The zero-order valence-electron chi connectivity index (χ0n) is 8.41. The number of carboxylic acids is 1. The molecule has 4 nitrogen and oxygen atoms in total. The van der Waals surface area contributed by atoms with Crippen LogP contribution < -0.4 is 0 Å². The lowest BCUT2D eigenvalue weighted by molar-refractivity contribution is -0.151. The highest BCUT2D eigenvalue weighted by atomic mass is 16.4. The molecule has 1 unspecified atom stereocenters.